The van der Waals surface area contributed by atoms with Gasteiger partial charge in [0.05, 0.1) is 0 Å². The van der Waals surface area contributed by atoms with E-state index in [1.165, 1.54) is 5.69 Å². The van der Waals surface area contributed by atoms with Gasteiger partial charge in [-0.1, -0.05) is 36.4 Å². The Kier molecular flexibility index (Phi) is 5.26. The van der Waals surface area contributed by atoms with Gasteiger partial charge in [-0.25, -0.2) is 0 Å². The number of nitrogens with one attached hydrogen (secondary N) is 1. The van der Waals surface area contributed by atoms with Gasteiger partial charge in [-0.05, 0) is 24.3 Å². The standard InChI is InChI=1S/C16H21N3/c17-11-13-19(16-9-5-2-6-10-16)14-12-18-15-7-3-1-4-8-15/h1-10,18H,11-14,17H2. The zero-order chi connectivity index (χ0) is 13.3. The Bertz CT molecular complexity index is 456. The molecule has 0 spiro atoms. The van der Waals surface area contributed by atoms with Gasteiger partial charge < -0.3 is 16.0 Å². The molecule has 0 saturated carbocycles. The SMILES string of the molecule is NCCN(CCNc1ccccc1)c1ccccc1. The Morgan fingerprint density at radius 3 is 2.11 bits per heavy atom. The van der Waals surface area contributed by atoms with Gasteiger partial charge in [-0.3, -0.25) is 0 Å². The van der Waals surface area contributed by atoms with Crippen molar-refractivity contribution in [2.24, 2.45) is 5.73 Å². The second-order valence-electron chi connectivity index (χ2n) is 4.40. The molecule has 3 N–H and O–H groups in total. The molecule has 0 aliphatic heterocycles. The minimum atomic E-state index is 0.667. The lowest BCUT2D eigenvalue weighted by molar-refractivity contribution is 0.796. The number of nitrogens with two attached hydrogens (primary N) is 1. The van der Waals surface area contributed by atoms with Crippen LogP contribution in [0.25, 0.3) is 0 Å². The summed E-state index contributed by atoms with van der Waals surface area (Å²) in [7, 11) is 0. The largest absolute Gasteiger partial charge is 0.383 e. The average molecular weight is 255 g/mol. The number of anilines is 2. The van der Waals surface area contributed by atoms with Crippen LogP contribution in [0.5, 0.6) is 0 Å². The van der Waals surface area contributed by atoms with E-state index in [1.54, 1.807) is 0 Å². The van der Waals surface area contributed by atoms with Crippen LogP contribution < -0.4 is 16.0 Å². The number of benzene rings is 2. The van der Waals surface area contributed by atoms with Crippen molar-refractivity contribution in [3.05, 3.63) is 60.7 Å². The summed E-state index contributed by atoms with van der Waals surface area (Å²) in [6.07, 6.45) is 0. The Labute approximate surface area is 115 Å². The van der Waals surface area contributed by atoms with E-state index in [2.05, 4.69) is 46.6 Å². The quantitative estimate of drug-likeness (QED) is 0.799. The average Bonchev–Trinajstić information content (AvgIpc) is 2.48. The van der Waals surface area contributed by atoms with E-state index in [-0.39, 0.29) is 0 Å². The van der Waals surface area contributed by atoms with E-state index < -0.39 is 0 Å². The van der Waals surface area contributed by atoms with Gasteiger partial charge in [0.25, 0.3) is 0 Å². The molecule has 0 fully saturated rings. The first-order chi connectivity index (χ1) is 9.40. The smallest absolute Gasteiger partial charge is 0.0367 e. The highest BCUT2D eigenvalue weighted by Gasteiger charge is 2.04. The molecule has 0 amide bonds. The van der Waals surface area contributed by atoms with Crippen LogP contribution in [0.3, 0.4) is 0 Å². The fourth-order valence-electron chi connectivity index (χ4n) is 2.06. The lowest BCUT2D eigenvalue weighted by Gasteiger charge is -2.24. The van der Waals surface area contributed by atoms with Crippen LogP contribution >= 0.6 is 0 Å². The Hall–Kier alpha value is -2.00. The molecule has 0 bridgehead atoms. The topological polar surface area (TPSA) is 41.3 Å². The van der Waals surface area contributed by atoms with Crippen LogP contribution in [0.15, 0.2) is 60.7 Å². The van der Waals surface area contributed by atoms with E-state index in [1.807, 2.05) is 24.3 Å². The van der Waals surface area contributed by atoms with Crippen LogP contribution in [-0.2, 0) is 0 Å². The lowest BCUT2D eigenvalue weighted by Crippen LogP contribution is -2.33. The molecule has 0 atom stereocenters. The monoisotopic (exact) mass is 255 g/mol. The Morgan fingerprint density at radius 1 is 0.842 bits per heavy atom. The molecule has 19 heavy (non-hydrogen) atoms. The maximum absolute atomic E-state index is 5.69. The molecule has 0 saturated heterocycles. The molecule has 0 aliphatic carbocycles. The Balaban J connectivity index is 1.87. The van der Waals surface area contributed by atoms with Crippen molar-refractivity contribution < 1.29 is 0 Å². The van der Waals surface area contributed by atoms with Gasteiger partial charge >= 0.3 is 0 Å². The maximum Gasteiger partial charge on any atom is 0.0367 e. The summed E-state index contributed by atoms with van der Waals surface area (Å²) in [6, 6.07) is 20.7. The third-order valence-corrected chi connectivity index (χ3v) is 3.00. The molecule has 2 rings (SSSR count). The summed E-state index contributed by atoms with van der Waals surface area (Å²) in [6.45, 7) is 3.38. The molecule has 0 radical (unpaired) electrons. The van der Waals surface area contributed by atoms with Crippen molar-refractivity contribution in [2.75, 3.05) is 36.4 Å². The van der Waals surface area contributed by atoms with Gasteiger partial charge in [-0.2, -0.15) is 0 Å². The molecular formula is C16H21N3. The van der Waals surface area contributed by atoms with Crippen molar-refractivity contribution in [2.45, 2.75) is 0 Å². The van der Waals surface area contributed by atoms with Crippen molar-refractivity contribution >= 4 is 11.4 Å². The van der Waals surface area contributed by atoms with E-state index in [0.717, 1.165) is 25.3 Å². The molecule has 0 aliphatic rings. The van der Waals surface area contributed by atoms with Gasteiger partial charge in [0.1, 0.15) is 0 Å². The fraction of sp³-hybridized carbons (Fsp3) is 0.250. The first-order valence-corrected chi connectivity index (χ1v) is 6.69. The molecule has 3 heteroatoms. The highest BCUT2D eigenvalue weighted by atomic mass is 15.1. The summed E-state index contributed by atoms with van der Waals surface area (Å²) < 4.78 is 0. The number of hydrogen-bond acceptors (Lipinski definition) is 3. The second kappa shape index (κ2) is 7.44. The zero-order valence-corrected chi connectivity index (χ0v) is 11.1. The second-order valence-corrected chi connectivity index (χ2v) is 4.40. The summed E-state index contributed by atoms with van der Waals surface area (Å²) in [4.78, 5) is 2.30. The van der Waals surface area contributed by atoms with Gasteiger partial charge in [0.2, 0.25) is 0 Å². The third kappa shape index (κ3) is 4.30. The number of para-hydroxylation sites is 2. The molecule has 2 aromatic rings. The number of nitrogens with zero attached hydrogens (tertiary/aromatic N) is 1. The number of hydrogen-bond donors (Lipinski definition) is 2. The van der Waals surface area contributed by atoms with E-state index in [9.17, 15) is 0 Å². The minimum absolute atomic E-state index is 0.667. The first kappa shape index (κ1) is 13.4. The minimum Gasteiger partial charge on any atom is -0.383 e. The van der Waals surface area contributed by atoms with Gasteiger partial charge in [0, 0.05) is 37.6 Å². The van der Waals surface area contributed by atoms with Crippen LogP contribution in [0.2, 0.25) is 0 Å². The van der Waals surface area contributed by atoms with Crippen molar-refractivity contribution in [3.63, 3.8) is 0 Å². The van der Waals surface area contributed by atoms with E-state index in [0.29, 0.717) is 6.54 Å². The molecule has 3 nitrogen and oxygen atoms in total. The summed E-state index contributed by atoms with van der Waals surface area (Å²) >= 11 is 0. The molecule has 0 heterocycles. The normalized spacial score (nSPS) is 10.2. The van der Waals surface area contributed by atoms with Crippen molar-refractivity contribution in [1.82, 2.24) is 0 Å². The maximum atomic E-state index is 5.69. The summed E-state index contributed by atoms with van der Waals surface area (Å²) in [5, 5.41) is 3.42. The molecule has 0 aromatic heterocycles. The van der Waals surface area contributed by atoms with Crippen LogP contribution in [-0.4, -0.2) is 26.2 Å². The van der Waals surface area contributed by atoms with E-state index >= 15 is 0 Å². The Morgan fingerprint density at radius 2 is 1.47 bits per heavy atom. The number of rotatable bonds is 7. The summed E-state index contributed by atoms with van der Waals surface area (Å²) in [5.41, 5.74) is 8.07. The predicted octanol–water partition coefficient (Wildman–Crippen LogP) is 2.56. The van der Waals surface area contributed by atoms with Crippen LogP contribution in [0, 0.1) is 0 Å². The molecule has 2 aromatic carbocycles. The van der Waals surface area contributed by atoms with Crippen LogP contribution in [0.4, 0.5) is 11.4 Å². The molecular weight excluding hydrogens is 234 g/mol. The first-order valence-electron chi connectivity index (χ1n) is 6.69. The van der Waals surface area contributed by atoms with Crippen LogP contribution in [0.1, 0.15) is 0 Å². The molecule has 100 valence electrons. The highest BCUT2D eigenvalue weighted by molar-refractivity contribution is 5.47. The van der Waals surface area contributed by atoms with E-state index in [4.69, 9.17) is 5.73 Å². The van der Waals surface area contributed by atoms with Crippen molar-refractivity contribution in [3.8, 4) is 0 Å². The fourth-order valence-corrected chi connectivity index (χ4v) is 2.06. The highest BCUT2D eigenvalue weighted by Crippen LogP contribution is 2.12. The predicted molar refractivity (Wildman–Crippen MR) is 82.6 cm³/mol. The lowest BCUT2D eigenvalue weighted by atomic mass is 10.2. The third-order valence-electron chi connectivity index (χ3n) is 3.00. The van der Waals surface area contributed by atoms with Gasteiger partial charge in [0.15, 0.2) is 0 Å². The summed E-state index contributed by atoms with van der Waals surface area (Å²) in [5.74, 6) is 0. The zero-order valence-electron chi connectivity index (χ0n) is 11.1. The molecule has 0 unspecified atom stereocenters. The van der Waals surface area contributed by atoms with Gasteiger partial charge in [-0.15, -0.1) is 0 Å². The van der Waals surface area contributed by atoms with Crippen molar-refractivity contribution in [1.29, 1.82) is 0 Å².